The Bertz CT molecular complexity index is 792. The van der Waals surface area contributed by atoms with E-state index in [0.29, 0.717) is 24.2 Å². The van der Waals surface area contributed by atoms with Crippen molar-refractivity contribution in [1.29, 1.82) is 0 Å². The smallest absolute Gasteiger partial charge is 0.494 e. The summed E-state index contributed by atoms with van der Waals surface area (Å²) in [5.41, 5.74) is -0.202. The normalized spacial score (nSPS) is 15.1. The van der Waals surface area contributed by atoms with E-state index in [-0.39, 0.29) is 11.7 Å². The number of rotatable bonds is 5. The lowest BCUT2D eigenvalue weighted by molar-refractivity contribution is -0.274. The molecule has 0 bridgehead atoms. The zero-order valence-electron chi connectivity index (χ0n) is 13.6. The maximum atomic E-state index is 12.4. The Labute approximate surface area is 146 Å². The molecule has 0 saturated heterocycles. The summed E-state index contributed by atoms with van der Waals surface area (Å²) in [6.45, 7) is 0. The summed E-state index contributed by atoms with van der Waals surface area (Å²) in [5, 5.41) is 5.23. The highest BCUT2D eigenvalue weighted by Gasteiger charge is 2.46. The number of ether oxygens (including phenoxy) is 2. The molecule has 0 aliphatic heterocycles. The number of anilines is 1. The second kappa shape index (κ2) is 6.70. The van der Waals surface area contributed by atoms with E-state index >= 15 is 0 Å². The predicted molar refractivity (Wildman–Crippen MR) is 84.8 cm³/mol. The van der Waals surface area contributed by atoms with Crippen LogP contribution in [0.3, 0.4) is 0 Å². The number of alkyl halides is 3. The third-order valence-corrected chi connectivity index (χ3v) is 3.81. The highest BCUT2D eigenvalue weighted by atomic mass is 19.4. The number of aromatic nitrogens is 2. The van der Waals surface area contributed by atoms with Gasteiger partial charge in [0.2, 0.25) is 5.95 Å². The molecule has 2 amide bonds. The topological polar surface area (TPSA) is 85.4 Å². The number of benzene rings is 1. The Morgan fingerprint density at radius 2 is 1.88 bits per heavy atom. The summed E-state index contributed by atoms with van der Waals surface area (Å²) in [6.07, 6.45) is -0.786. The van der Waals surface area contributed by atoms with Gasteiger partial charge in [-0.15, -0.1) is 13.2 Å². The van der Waals surface area contributed by atoms with Gasteiger partial charge in [0.25, 0.3) is 0 Å². The molecular formula is C16H15F3N4O3. The number of carbonyl (C=O) groups is 1. The minimum atomic E-state index is -4.77. The van der Waals surface area contributed by atoms with E-state index in [2.05, 4.69) is 25.3 Å². The van der Waals surface area contributed by atoms with Crippen molar-refractivity contribution in [2.45, 2.75) is 24.7 Å². The van der Waals surface area contributed by atoms with Crippen molar-refractivity contribution >= 4 is 12.0 Å². The number of hydrogen-bond donors (Lipinski definition) is 2. The van der Waals surface area contributed by atoms with Gasteiger partial charge in [-0.25, -0.2) is 14.8 Å². The van der Waals surface area contributed by atoms with Crippen molar-refractivity contribution in [1.82, 2.24) is 15.3 Å². The molecule has 1 aromatic carbocycles. The molecule has 1 saturated carbocycles. The van der Waals surface area contributed by atoms with Crippen LogP contribution in [0.15, 0.2) is 36.7 Å². The number of nitrogens with one attached hydrogen (secondary N) is 2. The molecule has 2 N–H and O–H groups in total. The zero-order valence-corrected chi connectivity index (χ0v) is 13.6. The van der Waals surface area contributed by atoms with Crippen LogP contribution < -0.4 is 20.1 Å². The average Bonchev–Trinajstić information content (AvgIpc) is 3.35. The fourth-order valence-corrected chi connectivity index (χ4v) is 2.44. The van der Waals surface area contributed by atoms with Gasteiger partial charge in [0, 0.05) is 0 Å². The quantitative estimate of drug-likeness (QED) is 0.847. The number of urea groups is 1. The highest BCUT2D eigenvalue weighted by molar-refractivity contribution is 5.88. The first kappa shape index (κ1) is 17.8. The van der Waals surface area contributed by atoms with E-state index in [1.807, 2.05) is 0 Å². The van der Waals surface area contributed by atoms with E-state index in [0.717, 1.165) is 0 Å². The molecule has 0 unspecified atom stereocenters. The third-order valence-electron chi connectivity index (χ3n) is 3.81. The van der Waals surface area contributed by atoms with E-state index in [1.165, 1.54) is 37.7 Å². The van der Waals surface area contributed by atoms with Crippen LogP contribution in [-0.4, -0.2) is 29.5 Å². The maximum Gasteiger partial charge on any atom is 0.573 e. The minimum Gasteiger partial charge on any atom is -0.494 e. The Kier molecular flexibility index (Phi) is 4.58. The van der Waals surface area contributed by atoms with Gasteiger partial charge >= 0.3 is 12.4 Å². The number of halogens is 3. The first-order valence-electron chi connectivity index (χ1n) is 7.61. The second-order valence-electron chi connectivity index (χ2n) is 5.68. The van der Waals surface area contributed by atoms with Gasteiger partial charge in [-0.05, 0) is 30.5 Å². The molecule has 1 fully saturated rings. The largest absolute Gasteiger partial charge is 0.573 e. The molecule has 0 spiro atoms. The van der Waals surface area contributed by atoms with Gasteiger partial charge < -0.3 is 14.8 Å². The van der Waals surface area contributed by atoms with Crippen LogP contribution in [0.5, 0.6) is 11.5 Å². The van der Waals surface area contributed by atoms with Crippen LogP contribution in [-0.2, 0) is 5.54 Å². The number of amides is 2. The Morgan fingerprint density at radius 1 is 1.19 bits per heavy atom. The van der Waals surface area contributed by atoms with E-state index in [4.69, 9.17) is 4.74 Å². The van der Waals surface area contributed by atoms with Gasteiger partial charge in [-0.2, -0.15) is 0 Å². The highest BCUT2D eigenvalue weighted by Crippen LogP contribution is 2.46. The lowest BCUT2D eigenvalue weighted by Gasteiger charge is -2.19. The first-order valence-corrected chi connectivity index (χ1v) is 7.61. The number of methoxy groups -OCH3 is 1. The summed E-state index contributed by atoms with van der Waals surface area (Å²) in [4.78, 5) is 20.0. The molecule has 138 valence electrons. The lowest BCUT2D eigenvalue weighted by Crippen LogP contribution is -2.38. The van der Waals surface area contributed by atoms with Gasteiger partial charge in [0.05, 0.1) is 25.0 Å². The van der Waals surface area contributed by atoms with E-state index < -0.39 is 17.9 Å². The number of carbonyl (C=O) groups excluding carboxylic acids is 1. The molecule has 3 rings (SSSR count). The van der Waals surface area contributed by atoms with Crippen LogP contribution in [0.1, 0.15) is 18.4 Å². The molecule has 1 aliphatic carbocycles. The lowest BCUT2D eigenvalue weighted by atomic mass is 10.0. The summed E-state index contributed by atoms with van der Waals surface area (Å²) in [6, 6.07) is 5.00. The van der Waals surface area contributed by atoms with Crippen LogP contribution in [0.4, 0.5) is 23.9 Å². The molecule has 2 aromatic rings. The Hall–Kier alpha value is -3.04. The summed E-state index contributed by atoms with van der Waals surface area (Å²) >= 11 is 0. The van der Waals surface area contributed by atoms with E-state index in [9.17, 15) is 18.0 Å². The van der Waals surface area contributed by atoms with Gasteiger partial charge in [0.15, 0.2) is 5.75 Å². The van der Waals surface area contributed by atoms with Gasteiger partial charge in [0.1, 0.15) is 5.75 Å². The molecule has 1 heterocycles. The van der Waals surface area contributed by atoms with Crippen molar-refractivity contribution < 1.29 is 27.4 Å². The molecule has 0 radical (unpaired) electrons. The number of hydrogen-bond acceptors (Lipinski definition) is 5. The molecule has 1 aliphatic rings. The fourth-order valence-electron chi connectivity index (χ4n) is 2.44. The van der Waals surface area contributed by atoms with Crippen LogP contribution >= 0.6 is 0 Å². The fraction of sp³-hybridized carbons (Fsp3) is 0.312. The monoisotopic (exact) mass is 368 g/mol. The Morgan fingerprint density at radius 3 is 2.46 bits per heavy atom. The van der Waals surface area contributed by atoms with Crippen molar-refractivity contribution in [2.24, 2.45) is 0 Å². The molecular weight excluding hydrogens is 353 g/mol. The second-order valence-corrected chi connectivity index (χ2v) is 5.68. The van der Waals surface area contributed by atoms with Crippen LogP contribution in [0.25, 0.3) is 0 Å². The predicted octanol–water partition coefficient (Wildman–Crippen LogP) is 3.19. The maximum absolute atomic E-state index is 12.4. The van der Waals surface area contributed by atoms with Crippen molar-refractivity contribution in [3.63, 3.8) is 0 Å². The molecule has 0 atom stereocenters. The average molecular weight is 368 g/mol. The molecule has 7 nitrogen and oxygen atoms in total. The number of nitrogens with zero attached hydrogens (tertiary/aromatic N) is 2. The van der Waals surface area contributed by atoms with Crippen molar-refractivity contribution in [3.8, 4) is 11.5 Å². The zero-order chi connectivity index (χ0) is 18.8. The van der Waals surface area contributed by atoms with Crippen molar-refractivity contribution in [3.05, 3.63) is 42.2 Å². The van der Waals surface area contributed by atoms with Crippen LogP contribution in [0.2, 0.25) is 0 Å². The summed E-state index contributed by atoms with van der Waals surface area (Å²) < 4.78 is 46.0. The van der Waals surface area contributed by atoms with E-state index in [1.54, 1.807) is 6.07 Å². The van der Waals surface area contributed by atoms with Gasteiger partial charge in [-0.3, -0.25) is 5.32 Å². The molecule has 10 heteroatoms. The van der Waals surface area contributed by atoms with Crippen LogP contribution in [0, 0.1) is 0 Å². The SMILES string of the molecule is COc1cnc(NC(=O)NC2(c3cccc(OC(F)(F)F)c3)CC2)nc1. The Balaban J connectivity index is 1.67. The minimum absolute atomic E-state index is 0.0771. The first-order chi connectivity index (χ1) is 12.3. The standard InChI is InChI=1S/C16H15F3N4O3/c1-25-12-8-20-13(21-9-12)22-14(24)23-15(5-6-15)10-3-2-4-11(7-10)26-16(17,18)19/h2-4,7-9H,5-6H2,1H3,(H2,20,21,22,23,24). The molecule has 26 heavy (non-hydrogen) atoms. The summed E-state index contributed by atoms with van der Waals surface area (Å²) in [5.74, 6) is 0.186. The summed E-state index contributed by atoms with van der Waals surface area (Å²) in [7, 11) is 1.46. The van der Waals surface area contributed by atoms with Gasteiger partial charge in [-0.1, -0.05) is 12.1 Å². The third kappa shape index (κ3) is 4.32. The molecule has 1 aromatic heterocycles. The van der Waals surface area contributed by atoms with Crippen molar-refractivity contribution in [2.75, 3.05) is 12.4 Å².